The number of hydrogen-bond donors (Lipinski definition) is 2. The van der Waals surface area contributed by atoms with Crippen molar-refractivity contribution in [1.82, 2.24) is 19.5 Å². The van der Waals surface area contributed by atoms with Crippen LogP contribution in [0.3, 0.4) is 0 Å². The van der Waals surface area contributed by atoms with E-state index in [9.17, 15) is 28.8 Å². The number of nitriles is 2. The molecule has 13 heteroatoms. The molecule has 39 heavy (non-hydrogen) atoms. The maximum absolute atomic E-state index is 13.8. The standard InChI is InChI=1S/C26H28N8O4S/c1-16-13-34-24(29-25(16)32-14-18(12-28)23(35)15-32)10-21(30-34)22-5-3-4-8-33(22)26(36)19-9-17(11-27)6-7-20(19)31-39(2,37)38/h6-7,9-10,13,18,22-23,31,35H,3-5,8,14-15H2,1-2H3/t18-,22+,23-/m1/s1. The smallest absolute Gasteiger partial charge is 0.256 e. The first-order valence-electron chi connectivity index (χ1n) is 12.6. The van der Waals surface area contributed by atoms with Gasteiger partial charge in [0.05, 0.1) is 59.0 Å². The van der Waals surface area contributed by atoms with Gasteiger partial charge >= 0.3 is 0 Å². The average molecular weight is 549 g/mol. The lowest BCUT2D eigenvalue weighted by Gasteiger charge is -2.35. The average Bonchev–Trinajstić information content (AvgIpc) is 3.49. The third kappa shape index (κ3) is 5.24. The van der Waals surface area contributed by atoms with E-state index < -0.39 is 28.0 Å². The predicted octanol–water partition coefficient (Wildman–Crippen LogP) is 1.97. The Bertz CT molecular complexity index is 1640. The number of carbonyl (C=O) groups excluding carboxylic acids is 1. The molecule has 0 spiro atoms. The topological polar surface area (TPSA) is 168 Å². The highest BCUT2D eigenvalue weighted by atomic mass is 32.2. The molecule has 2 saturated heterocycles. The van der Waals surface area contributed by atoms with E-state index in [0.29, 0.717) is 43.2 Å². The van der Waals surface area contributed by atoms with Crippen LogP contribution < -0.4 is 9.62 Å². The number of nitrogens with zero attached hydrogens (tertiary/aromatic N) is 7. The zero-order chi connectivity index (χ0) is 27.9. The number of aliphatic hydroxyl groups is 1. The Morgan fingerprint density at radius 1 is 1.21 bits per heavy atom. The zero-order valence-corrected chi connectivity index (χ0v) is 22.4. The Balaban J connectivity index is 1.49. The molecular formula is C26H28N8O4S. The number of β-amino-alcohol motifs (C(OH)–C–C–N with tert-alkyl or cyclic N) is 1. The maximum Gasteiger partial charge on any atom is 0.256 e. The SMILES string of the molecule is Cc1cn2nc([C@@H]3CCCCN3C(=O)c3cc(C#N)ccc3NS(C)(=O)=O)cc2nc1N1C[C@@H](O)[C@H](C#N)C1. The maximum atomic E-state index is 13.8. The van der Waals surface area contributed by atoms with Crippen LogP contribution >= 0.6 is 0 Å². The molecule has 4 heterocycles. The summed E-state index contributed by atoms with van der Waals surface area (Å²) < 4.78 is 27.9. The largest absolute Gasteiger partial charge is 0.390 e. The number of piperidine rings is 1. The van der Waals surface area contributed by atoms with E-state index in [4.69, 9.17) is 10.1 Å². The van der Waals surface area contributed by atoms with Gasteiger partial charge in [-0.25, -0.2) is 17.9 Å². The van der Waals surface area contributed by atoms with Crippen LogP contribution in [0.25, 0.3) is 5.65 Å². The van der Waals surface area contributed by atoms with Crippen molar-refractivity contribution in [3.8, 4) is 12.1 Å². The highest BCUT2D eigenvalue weighted by Gasteiger charge is 2.34. The fraction of sp³-hybridized carbons (Fsp3) is 0.423. The summed E-state index contributed by atoms with van der Waals surface area (Å²) in [5.41, 5.74) is 2.53. The summed E-state index contributed by atoms with van der Waals surface area (Å²) >= 11 is 0. The van der Waals surface area contributed by atoms with Crippen molar-refractivity contribution in [1.29, 1.82) is 10.5 Å². The van der Waals surface area contributed by atoms with Crippen molar-refractivity contribution >= 4 is 33.1 Å². The monoisotopic (exact) mass is 548 g/mol. The summed E-state index contributed by atoms with van der Waals surface area (Å²) in [6.45, 7) is 3.05. The fourth-order valence-corrected chi connectivity index (χ4v) is 5.88. The predicted molar refractivity (Wildman–Crippen MR) is 142 cm³/mol. The highest BCUT2D eigenvalue weighted by molar-refractivity contribution is 7.92. The number of benzene rings is 1. The molecule has 2 aliphatic rings. The van der Waals surface area contributed by atoms with Crippen LogP contribution in [0.2, 0.25) is 0 Å². The molecule has 12 nitrogen and oxygen atoms in total. The summed E-state index contributed by atoms with van der Waals surface area (Å²) in [5, 5.41) is 33.6. The van der Waals surface area contributed by atoms with Crippen LogP contribution in [0.1, 0.15) is 52.5 Å². The number of aliphatic hydroxyl groups excluding tert-OH is 1. The number of aryl methyl sites for hydroxylation is 1. The van der Waals surface area contributed by atoms with Crippen molar-refractivity contribution in [2.24, 2.45) is 5.92 Å². The second kappa shape index (κ2) is 10.2. The van der Waals surface area contributed by atoms with Gasteiger partial charge in [0.2, 0.25) is 10.0 Å². The minimum atomic E-state index is -3.66. The lowest BCUT2D eigenvalue weighted by molar-refractivity contribution is 0.0606. The lowest BCUT2D eigenvalue weighted by atomic mass is 9.97. The Kier molecular flexibility index (Phi) is 6.89. The van der Waals surface area contributed by atoms with Gasteiger partial charge in [0.15, 0.2) is 5.65 Å². The molecule has 3 atom stereocenters. The summed E-state index contributed by atoms with van der Waals surface area (Å²) in [6.07, 6.45) is 4.43. The molecule has 0 aliphatic carbocycles. The van der Waals surface area contributed by atoms with Gasteiger partial charge in [-0.05, 0) is 44.4 Å². The number of amides is 1. The highest BCUT2D eigenvalue weighted by Crippen LogP contribution is 2.34. The van der Waals surface area contributed by atoms with Gasteiger partial charge in [-0.2, -0.15) is 15.6 Å². The van der Waals surface area contributed by atoms with E-state index in [1.165, 1.54) is 18.2 Å². The van der Waals surface area contributed by atoms with Gasteiger partial charge in [-0.1, -0.05) is 0 Å². The molecule has 2 fully saturated rings. The first kappa shape index (κ1) is 26.4. The summed E-state index contributed by atoms with van der Waals surface area (Å²) in [5.74, 6) is -0.197. The van der Waals surface area contributed by atoms with Crippen molar-refractivity contribution in [3.63, 3.8) is 0 Å². The Labute approximate surface area is 226 Å². The van der Waals surface area contributed by atoms with Crippen molar-refractivity contribution in [3.05, 3.63) is 52.8 Å². The second-order valence-electron chi connectivity index (χ2n) is 10.1. The van der Waals surface area contributed by atoms with Crippen LogP contribution in [-0.2, 0) is 10.0 Å². The first-order valence-corrected chi connectivity index (χ1v) is 14.5. The van der Waals surface area contributed by atoms with Crippen molar-refractivity contribution in [2.75, 3.05) is 35.5 Å². The van der Waals surface area contributed by atoms with E-state index >= 15 is 0 Å². The van der Waals surface area contributed by atoms with Gasteiger partial charge < -0.3 is 14.9 Å². The van der Waals surface area contributed by atoms with E-state index in [0.717, 1.165) is 24.7 Å². The Morgan fingerprint density at radius 3 is 2.69 bits per heavy atom. The van der Waals surface area contributed by atoms with Gasteiger partial charge in [-0.3, -0.25) is 9.52 Å². The zero-order valence-electron chi connectivity index (χ0n) is 21.6. The fourth-order valence-electron chi connectivity index (χ4n) is 5.31. The lowest BCUT2D eigenvalue weighted by Crippen LogP contribution is -2.39. The number of carbonyl (C=O) groups is 1. The number of hydrogen-bond acceptors (Lipinski definition) is 9. The number of rotatable bonds is 5. The first-order chi connectivity index (χ1) is 18.6. The Hall–Kier alpha value is -4.20. The molecule has 0 saturated carbocycles. The van der Waals surface area contributed by atoms with Crippen LogP contribution in [0.15, 0.2) is 30.5 Å². The molecule has 0 bridgehead atoms. The molecular weight excluding hydrogens is 520 g/mol. The molecule has 2 aromatic heterocycles. The van der Waals surface area contributed by atoms with Crippen molar-refractivity contribution < 1.29 is 18.3 Å². The third-order valence-corrected chi connectivity index (χ3v) is 7.75. The van der Waals surface area contributed by atoms with Crippen LogP contribution in [-0.4, -0.2) is 70.9 Å². The molecule has 5 rings (SSSR count). The van der Waals surface area contributed by atoms with E-state index in [1.54, 1.807) is 9.42 Å². The van der Waals surface area contributed by atoms with Gasteiger partial charge in [-0.15, -0.1) is 0 Å². The van der Waals surface area contributed by atoms with E-state index in [1.807, 2.05) is 30.2 Å². The minimum absolute atomic E-state index is 0.103. The van der Waals surface area contributed by atoms with E-state index in [-0.39, 0.29) is 22.9 Å². The number of anilines is 2. The number of likely N-dealkylation sites (tertiary alicyclic amines) is 1. The van der Waals surface area contributed by atoms with Gasteiger partial charge in [0.25, 0.3) is 5.91 Å². The number of aromatic nitrogens is 3. The molecule has 0 unspecified atom stereocenters. The molecule has 2 N–H and O–H groups in total. The quantitative estimate of drug-likeness (QED) is 0.484. The number of nitrogens with one attached hydrogen (secondary N) is 1. The third-order valence-electron chi connectivity index (χ3n) is 7.16. The van der Waals surface area contributed by atoms with Gasteiger partial charge in [0.1, 0.15) is 5.82 Å². The summed E-state index contributed by atoms with van der Waals surface area (Å²) in [6, 6.07) is 9.90. The minimum Gasteiger partial charge on any atom is -0.390 e. The molecule has 3 aromatic rings. The molecule has 1 amide bonds. The van der Waals surface area contributed by atoms with E-state index in [2.05, 4.69) is 10.8 Å². The number of fused-ring (bicyclic) bond motifs is 1. The van der Waals surface area contributed by atoms with Crippen LogP contribution in [0.4, 0.5) is 11.5 Å². The summed E-state index contributed by atoms with van der Waals surface area (Å²) in [7, 11) is -3.66. The molecule has 202 valence electrons. The molecule has 1 aromatic carbocycles. The molecule has 2 aliphatic heterocycles. The molecule has 0 radical (unpaired) electrons. The van der Waals surface area contributed by atoms with Crippen LogP contribution in [0, 0.1) is 35.5 Å². The number of sulfonamides is 1. The van der Waals surface area contributed by atoms with Gasteiger partial charge in [0, 0.05) is 37.5 Å². The second-order valence-corrected chi connectivity index (χ2v) is 11.8. The summed E-state index contributed by atoms with van der Waals surface area (Å²) in [4.78, 5) is 22.2. The normalized spacial score (nSPS) is 21.5. The van der Waals surface area contributed by atoms with Crippen molar-refractivity contribution in [2.45, 2.75) is 38.3 Å². The van der Waals surface area contributed by atoms with Crippen LogP contribution in [0.5, 0.6) is 0 Å². The Morgan fingerprint density at radius 2 is 2.00 bits per heavy atom.